The van der Waals surface area contributed by atoms with E-state index in [0.717, 1.165) is 5.56 Å². The van der Waals surface area contributed by atoms with Gasteiger partial charge in [-0.05, 0) is 24.1 Å². The Morgan fingerprint density at radius 1 is 1.45 bits per heavy atom. The number of nitrogens with two attached hydrogens (primary N) is 1. The number of primary amides is 1. The first-order chi connectivity index (χ1) is 9.47. The zero-order chi connectivity index (χ0) is 14.7. The summed E-state index contributed by atoms with van der Waals surface area (Å²) in [4.78, 5) is 33.6. The van der Waals surface area contributed by atoms with E-state index in [9.17, 15) is 14.4 Å². The Labute approximate surface area is 120 Å². The lowest BCUT2D eigenvalue weighted by atomic mass is 10.1. The fourth-order valence-electron chi connectivity index (χ4n) is 1.97. The van der Waals surface area contributed by atoms with Gasteiger partial charge in [0.15, 0.2) is 0 Å². The Hall–Kier alpha value is -1.92. The van der Waals surface area contributed by atoms with Crippen LogP contribution in [0, 0.1) is 0 Å². The SMILES string of the molecule is NC(=O)c1ccc(CNC2CCC(=O)NC2=O)c(Cl)c1. The number of amides is 3. The molecule has 1 aromatic rings. The molecule has 106 valence electrons. The van der Waals surface area contributed by atoms with Gasteiger partial charge in [0.25, 0.3) is 0 Å². The van der Waals surface area contributed by atoms with Crippen molar-refractivity contribution in [3.63, 3.8) is 0 Å². The van der Waals surface area contributed by atoms with E-state index in [1.165, 1.54) is 6.07 Å². The molecule has 1 fully saturated rings. The van der Waals surface area contributed by atoms with Crippen molar-refractivity contribution < 1.29 is 14.4 Å². The zero-order valence-electron chi connectivity index (χ0n) is 10.6. The van der Waals surface area contributed by atoms with Gasteiger partial charge < -0.3 is 11.1 Å². The summed E-state index contributed by atoms with van der Waals surface area (Å²) in [6.45, 7) is 0.365. The first-order valence-corrected chi connectivity index (χ1v) is 6.50. The maximum absolute atomic E-state index is 11.6. The maximum atomic E-state index is 11.6. The lowest BCUT2D eigenvalue weighted by molar-refractivity contribution is -0.134. The summed E-state index contributed by atoms with van der Waals surface area (Å²) in [5, 5.41) is 5.71. The van der Waals surface area contributed by atoms with Crippen LogP contribution in [0.25, 0.3) is 0 Å². The fourth-order valence-corrected chi connectivity index (χ4v) is 2.21. The molecule has 1 aliphatic rings. The number of imide groups is 1. The van der Waals surface area contributed by atoms with Crippen molar-refractivity contribution in [2.45, 2.75) is 25.4 Å². The van der Waals surface area contributed by atoms with Crippen LogP contribution in [0.5, 0.6) is 0 Å². The molecule has 7 heteroatoms. The summed E-state index contributed by atoms with van der Waals surface area (Å²) >= 11 is 6.05. The van der Waals surface area contributed by atoms with Crippen molar-refractivity contribution in [2.24, 2.45) is 5.73 Å². The molecule has 0 spiro atoms. The number of nitrogens with one attached hydrogen (secondary N) is 2. The van der Waals surface area contributed by atoms with Gasteiger partial charge >= 0.3 is 0 Å². The third-order valence-corrected chi connectivity index (χ3v) is 3.47. The molecular formula is C13H14ClN3O3. The van der Waals surface area contributed by atoms with Crippen LogP contribution in [0.1, 0.15) is 28.8 Å². The first kappa shape index (κ1) is 14.5. The molecule has 0 radical (unpaired) electrons. The molecule has 1 saturated heterocycles. The Morgan fingerprint density at radius 3 is 2.80 bits per heavy atom. The Bertz CT molecular complexity index is 574. The van der Waals surface area contributed by atoms with Gasteiger partial charge in [0.05, 0.1) is 6.04 Å². The highest BCUT2D eigenvalue weighted by atomic mass is 35.5. The minimum Gasteiger partial charge on any atom is -0.366 e. The normalized spacial score (nSPS) is 18.8. The summed E-state index contributed by atoms with van der Waals surface area (Å²) in [7, 11) is 0. The quantitative estimate of drug-likeness (QED) is 0.697. The van der Waals surface area contributed by atoms with Crippen molar-refractivity contribution in [3.05, 3.63) is 34.3 Å². The summed E-state index contributed by atoms with van der Waals surface area (Å²) < 4.78 is 0. The van der Waals surface area contributed by atoms with Crippen LogP contribution in [-0.4, -0.2) is 23.8 Å². The number of hydrogen-bond donors (Lipinski definition) is 3. The number of piperidine rings is 1. The smallest absolute Gasteiger partial charge is 0.248 e. The van der Waals surface area contributed by atoms with E-state index in [0.29, 0.717) is 30.0 Å². The molecule has 1 heterocycles. The van der Waals surface area contributed by atoms with E-state index in [2.05, 4.69) is 10.6 Å². The van der Waals surface area contributed by atoms with E-state index in [1.54, 1.807) is 12.1 Å². The topological polar surface area (TPSA) is 101 Å². The number of carbonyl (C=O) groups excluding carboxylic acids is 3. The predicted molar refractivity (Wildman–Crippen MR) is 73.0 cm³/mol. The van der Waals surface area contributed by atoms with Crippen LogP contribution in [0.15, 0.2) is 18.2 Å². The number of rotatable bonds is 4. The highest BCUT2D eigenvalue weighted by Gasteiger charge is 2.25. The van der Waals surface area contributed by atoms with Crippen molar-refractivity contribution in [2.75, 3.05) is 0 Å². The minimum atomic E-state index is -0.545. The van der Waals surface area contributed by atoms with Crippen molar-refractivity contribution >= 4 is 29.3 Å². The average Bonchev–Trinajstić information content (AvgIpc) is 2.38. The van der Waals surface area contributed by atoms with E-state index in [-0.39, 0.29) is 11.8 Å². The van der Waals surface area contributed by atoms with E-state index < -0.39 is 11.9 Å². The third-order valence-electron chi connectivity index (χ3n) is 3.12. The van der Waals surface area contributed by atoms with Crippen LogP contribution in [0.4, 0.5) is 0 Å². The lowest BCUT2D eigenvalue weighted by Crippen LogP contribution is -2.50. The van der Waals surface area contributed by atoms with Gasteiger partial charge in [-0.2, -0.15) is 0 Å². The van der Waals surface area contributed by atoms with E-state index in [1.807, 2.05) is 0 Å². The second kappa shape index (κ2) is 6.02. The molecule has 20 heavy (non-hydrogen) atoms. The Balaban J connectivity index is 1.99. The van der Waals surface area contributed by atoms with Crippen LogP contribution in [-0.2, 0) is 16.1 Å². The summed E-state index contributed by atoms with van der Waals surface area (Å²) in [5.74, 6) is -1.13. The largest absolute Gasteiger partial charge is 0.366 e. The van der Waals surface area contributed by atoms with Crippen LogP contribution >= 0.6 is 11.6 Å². The molecule has 6 nitrogen and oxygen atoms in total. The maximum Gasteiger partial charge on any atom is 0.248 e. The number of carbonyl (C=O) groups is 3. The zero-order valence-corrected chi connectivity index (χ0v) is 11.4. The van der Waals surface area contributed by atoms with E-state index in [4.69, 9.17) is 17.3 Å². The molecule has 0 aliphatic carbocycles. The number of hydrogen-bond acceptors (Lipinski definition) is 4. The van der Waals surface area contributed by atoms with Gasteiger partial charge in [0.1, 0.15) is 0 Å². The van der Waals surface area contributed by atoms with Crippen molar-refractivity contribution in [3.8, 4) is 0 Å². The summed E-state index contributed by atoms with van der Waals surface area (Å²) in [5.41, 5.74) is 6.24. The Morgan fingerprint density at radius 2 is 2.20 bits per heavy atom. The highest BCUT2D eigenvalue weighted by molar-refractivity contribution is 6.31. The third kappa shape index (κ3) is 3.34. The molecule has 0 aromatic heterocycles. The highest BCUT2D eigenvalue weighted by Crippen LogP contribution is 2.18. The second-order valence-electron chi connectivity index (χ2n) is 4.56. The fraction of sp³-hybridized carbons (Fsp3) is 0.308. The molecule has 1 aromatic carbocycles. The molecule has 1 unspecified atom stereocenters. The van der Waals surface area contributed by atoms with Gasteiger partial charge in [0, 0.05) is 23.6 Å². The first-order valence-electron chi connectivity index (χ1n) is 6.12. The Kier molecular flexibility index (Phi) is 4.36. The second-order valence-corrected chi connectivity index (χ2v) is 4.96. The van der Waals surface area contributed by atoms with Gasteiger partial charge in [-0.1, -0.05) is 17.7 Å². The minimum absolute atomic E-state index is 0.253. The average molecular weight is 296 g/mol. The van der Waals surface area contributed by atoms with Gasteiger partial charge in [0.2, 0.25) is 17.7 Å². The summed E-state index contributed by atoms with van der Waals surface area (Å²) in [6.07, 6.45) is 0.777. The van der Waals surface area contributed by atoms with Crippen molar-refractivity contribution in [1.82, 2.24) is 10.6 Å². The summed E-state index contributed by atoms with van der Waals surface area (Å²) in [6, 6.07) is 4.34. The lowest BCUT2D eigenvalue weighted by Gasteiger charge is -2.22. The van der Waals surface area contributed by atoms with Crippen LogP contribution in [0.3, 0.4) is 0 Å². The molecule has 1 aliphatic heterocycles. The van der Waals surface area contributed by atoms with Gasteiger partial charge in [-0.3, -0.25) is 19.7 Å². The van der Waals surface area contributed by atoms with Crippen LogP contribution < -0.4 is 16.4 Å². The monoisotopic (exact) mass is 295 g/mol. The number of benzene rings is 1. The van der Waals surface area contributed by atoms with Gasteiger partial charge in [-0.15, -0.1) is 0 Å². The molecular weight excluding hydrogens is 282 g/mol. The molecule has 0 bridgehead atoms. The van der Waals surface area contributed by atoms with Gasteiger partial charge in [-0.25, -0.2) is 0 Å². The molecule has 0 saturated carbocycles. The molecule has 2 rings (SSSR count). The molecule has 1 atom stereocenters. The van der Waals surface area contributed by atoms with Crippen LogP contribution in [0.2, 0.25) is 5.02 Å². The number of halogens is 1. The van der Waals surface area contributed by atoms with Crippen molar-refractivity contribution in [1.29, 1.82) is 0 Å². The van der Waals surface area contributed by atoms with E-state index >= 15 is 0 Å². The molecule has 3 amide bonds. The standard InChI is InChI=1S/C13H14ClN3O3/c14-9-5-7(12(15)19)1-2-8(9)6-16-10-3-4-11(18)17-13(10)20/h1-2,5,10,16H,3-4,6H2,(H2,15,19)(H,17,18,20). The molecule has 4 N–H and O–H groups in total. The predicted octanol–water partition coefficient (Wildman–Crippen LogP) is 0.334.